The van der Waals surface area contributed by atoms with E-state index in [1.54, 1.807) is 19.2 Å². The van der Waals surface area contributed by atoms with E-state index in [9.17, 15) is 8.78 Å². The lowest BCUT2D eigenvalue weighted by Crippen LogP contribution is -2.40. The summed E-state index contributed by atoms with van der Waals surface area (Å²) in [5, 5.41) is 6.59. The second kappa shape index (κ2) is 8.51. The number of halogens is 3. The molecule has 1 aromatic rings. The van der Waals surface area contributed by atoms with Gasteiger partial charge in [0.1, 0.15) is 5.75 Å². The zero-order valence-corrected chi connectivity index (χ0v) is 17.0. The summed E-state index contributed by atoms with van der Waals surface area (Å²) in [6, 6.07) is 5.20. The third-order valence-electron chi connectivity index (χ3n) is 5.05. The van der Waals surface area contributed by atoms with Crippen molar-refractivity contribution < 1.29 is 13.5 Å². The van der Waals surface area contributed by atoms with Crippen molar-refractivity contribution in [2.45, 2.75) is 45.8 Å². The van der Waals surface area contributed by atoms with Gasteiger partial charge in [0.25, 0.3) is 0 Å². The molecule has 4 nitrogen and oxygen atoms in total. The zero-order chi connectivity index (χ0) is 17.2. The molecular weight excluding hydrogens is 439 g/mol. The molecule has 0 unspecified atom stereocenters. The standard InChI is InChI=1S/C18H25F2N3O.HI/c1-12-3-6-15(24-16(19)20)13(9-12)10-22-17(21-2)23-11-18(7-8-18)14-4-5-14;/h3,6,9,14,16H,4-5,7-8,10-11H2,1-2H3,(H2,21,22,23);1H. The summed E-state index contributed by atoms with van der Waals surface area (Å²) < 4.78 is 29.7. The second-order valence-electron chi connectivity index (χ2n) is 6.91. The van der Waals surface area contributed by atoms with Gasteiger partial charge in [-0.25, -0.2) is 0 Å². The second-order valence-corrected chi connectivity index (χ2v) is 6.91. The van der Waals surface area contributed by atoms with Gasteiger partial charge >= 0.3 is 6.61 Å². The van der Waals surface area contributed by atoms with Crippen LogP contribution in [0.2, 0.25) is 0 Å². The highest BCUT2D eigenvalue weighted by atomic mass is 127. The molecule has 2 saturated carbocycles. The quantitative estimate of drug-likeness (QED) is 0.363. The van der Waals surface area contributed by atoms with Crippen molar-refractivity contribution >= 4 is 29.9 Å². The summed E-state index contributed by atoms with van der Waals surface area (Å²) in [6.45, 7) is 0.429. The average molecular weight is 465 g/mol. The lowest BCUT2D eigenvalue weighted by molar-refractivity contribution is -0.0504. The molecule has 0 spiro atoms. The van der Waals surface area contributed by atoms with Crippen molar-refractivity contribution in [1.29, 1.82) is 0 Å². The molecule has 0 radical (unpaired) electrons. The number of hydrogen-bond donors (Lipinski definition) is 2. The van der Waals surface area contributed by atoms with E-state index in [0.717, 1.165) is 18.0 Å². The van der Waals surface area contributed by atoms with Crippen LogP contribution >= 0.6 is 24.0 Å². The number of aliphatic imine (C=N–C) groups is 1. The molecule has 0 aliphatic heterocycles. The van der Waals surface area contributed by atoms with E-state index in [1.807, 2.05) is 13.0 Å². The van der Waals surface area contributed by atoms with Gasteiger partial charge in [-0.3, -0.25) is 4.99 Å². The van der Waals surface area contributed by atoms with Gasteiger partial charge in [0.2, 0.25) is 0 Å². The Labute approximate surface area is 164 Å². The number of nitrogens with zero attached hydrogens (tertiary/aromatic N) is 1. The number of rotatable bonds is 7. The summed E-state index contributed by atoms with van der Waals surface area (Å²) >= 11 is 0. The van der Waals surface area contributed by atoms with Gasteiger partial charge in [-0.05, 0) is 50.0 Å². The number of hydrogen-bond acceptors (Lipinski definition) is 2. The van der Waals surface area contributed by atoms with Crippen molar-refractivity contribution in [3.63, 3.8) is 0 Å². The predicted molar refractivity (Wildman–Crippen MR) is 106 cm³/mol. The fourth-order valence-corrected chi connectivity index (χ4v) is 3.30. The molecule has 2 N–H and O–H groups in total. The van der Waals surface area contributed by atoms with Crippen LogP contribution in [0, 0.1) is 18.3 Å². The van der Waals surface area contributed by atoms with Crippen LogP contribution in [0.5, 0.6) is 5.75 Å². The first kappa shape index (κ1) is 20.2. The molecule has 1 aromatic carbocycles. The summed E-state index contributed by atoms with van der Waals surface area (Å²) in [5.41, 5.74) is 2.17. The first-order chi connectivity index (χ1) is 11.5. The van der Waals surface area contributed by atoms with E-state index in [4.69, 9.17) is 0 Å². The van der Waals surface area contributed by atoms with E-state index in [1.165, 1.54) is 25.7 Å². The number of nitrogens with one attached hydrogen (secondary N) is 2. The smallest absolute Gasteiger partial charge is 0.387 e. The molecule has 3 rings (SSSR count). The molecule has 0 bridgehead atoms. The molecule has 7 heteroatoms. The highest BCUT2D eigenvalue weighted by Crippen LogP contribution is 2.60. The highest BCUT2D eigenvalue weighted by Gasteiger charge is 2.53. The minimum atomic E-state index is -2.82. The molecule has 0 atom stereocenters. The Morgan fingerprint density at radius 2 is 2.04 bits per heavy atom. The zero-order valence-electron chi connectivity index (χ0n) is 14.6. The van der Waals surface area contributed by atoms with Gasteiger partial charge in [-0.2, -0.15) is 8.78 Å². The molecule has 2 aliphatic rings. The Balaban J connectivity index is 0.00000225. The van der Waals surface area contributed by atoms with Gasteiger partial charge in [-0.15, -0.1) is 24.0 Å². The molecule has 0 amide bonds. The third-order valence-corrected chi connectivity index (χ3v) is 5.05. The minimum absolute atomic E-state index is 0. The van der Waals surface area contributed by atoms with Crippen molar-refractivity contribution in [2.24, 2.45) is 16.3 Å². The van der Waals surface area contributed by atoms with Crippen LogP contribution < -0.4 is 15.4 Å². The average Bonchev–Trinajstić information content (AvgIpc) is 3.42. The largest absolute Gasteiger partial charge is 0.434 e. The number of alkyl halides is 2. The lowest BCUT2D eigenvalue weighted by atomic mass is 10.0. The minimum Gasteiger partial charge on any atom is -0.434 e. The van der Waals surface area contributed by atoms with Crippen LogP contribution in [0.1, 0.15) is 36.8 Å². The number of aryl methyl sites for hydroxylation is 1. The van der Waals surface area contributed by atoms with Crippen LogP contribution in [0.3, 0.4) is 0 Å². The lowest BCUT2D eigenvalue weighted by Gasteiger charge is -2.19. The molecule has 2 fully saturated rings. The van der Waals surface area contributed by atoms with Crippen molar-refractivity contribution in [2.75, 3.05) is 13.6 Å². The van der Waals surface area contributed by atoms with Gasteiger partial charge < -0.3 is 15.4 Å². The Morgan fingerprint density at radius 3 is 2.60 bits per heavy atom. The Bertz CT molecular complexity index is 616. The summed E-state index contributed by atoms with van der Waals surface area (Å²) in [4.78, 5) is 4.23. The Kier molecular flexibility index (Phi) is 6.87. The fraction of sp³-hybridized carbons (Fsp3) is 0.611. The summed E-state index contributed by atoms with van der Waals surface area (Å²) in [6.07, 6.45) is 5.30. The SMILES string of the molecule is CN=C(NCc1cc(C)ccc1OC(F)F)NCC1(C2CC2)CC1.I. The number of benzene rings is 1. The van der Waals surface area contributed by atoms with Crippen LogP contribution in [-0.4, -0.2) is 26.2 Å². The third kappa shape index (κ3) is 5.43. The predicted octanol–water partition coefficient (Wildman–Crippen LogP) is 4.07. The first-order valence-corrected chi connectivity index (χ1v) is 8.51. The van der Waals surface area contributed by atoms with Crippen LogP contribution in [-0.2, 0) is 6.54 Å². The van der Waals surface area contributed by atoms with E-state index >= 15 is 0 Å². The van der Waals surface area contributed by atoms with Crippen LogP contribution in [0.15, 0.2) is 23.2 Å². The molecule has 140 valence electrons. The molecule has 0 saturated heterocycles. The maximum absolute atomic E-state index is 12.5. The van der Waals surface area contributed by atoms with Crippen LogP contribution in [0.4, 0.5) is 8.78 Å². The first-order valence-electron chi connectivity index (χ1n) is 8.51. The number of ether oxygens (including phenoxy) is 1. The Hall–Kier alpha value is -1.12. The van der Waals surface area contributed by atoms with E-state index in [0.29, 0.717) is 23.5 Å². The molecule has 25 heavy (non-hydrogen) atoms. The van der Waals surface area contributed by atoms with Gasteiger partial charge in [0, 0.05) is 25.7 Å². The summed E-state index contributed by atoms with van der Waals surface area (Å²) in [7, 11) is 1.72. The maximum atomic E-state index is 12.5. The van der Waals surface area contributed by atoms with Crippen molar-refractivity contribution in [3.8, 4) is 5.75 Å². The van der Waals surface area contributed by atoms with Gasteiger partial charge in [0.05, 0.1) is 0 Å². The van der Waals surface area contributed by atoms with E-state index in [2.05, 4.69) is 20.4 Å². The fourth-order valence-electron chi connectivity index (χ4n) is 3.30. The number of guanidine groups is 1. The molecular formula is C18H26F2IN3O. The van der Waals surface area contributed by atoms with E-state index < -0.39 is 6.61 Å². The monoisotopic (exact) mass is 465 g/mol. The van der Waals surface area contributed by atoms with Gasteiger partial charge in [-0.1, -0.05) is 17.7 Å². The van der Waals surface area contributed by atoms with Crippen LogP contribution in [0.25, 0.3) is 0 Å². The normalized spacial score (nSPS) is 18.5. The molecule has 0 aromatic heterocycles. The maximum Gasteiger partial charge on any atom is 0.387 e. The van der Waals surface area contributed by atoms with Crippen molar-refractivity contribution in [1.82, 2.24) is 10.6 Å². The molecule has 2 aliphatic carbocycles. The van der Waals surface area contributed by atoms with Crippen molar-refractivity contribution in [3.05, 3.63) is 29.3 Å². The summed E-state index contributed by atoms with van der Waals surface area (Å²) in [5.74, 6) is 1.78. The van der Waals surface area contributed by atoms with Gasteiger partial charge in [0.15, 0.2) is 5.96 Å². The topological polar surface area (TPSA) is 45.7 Å². The Morgan fingerprint density at radius 1 is 1.32 bits per heavy atom. The van der Waals surface area contributed by atoms with E-state index in [-0.39, 0.29) is 29.7 Å². The highest BCUT2D eigenvalue weighted by molar-refractivity contribution is 14.0. The molecule has 0 heterocycles.